The van der Waals surface area contributed by atoms with Gasteiger partial charge in [-0.1, -0.05) is 12.2 Å². The van der Waals surface area contributed by atoms with E-state index in [0.717, 1.165) is 11.5 Å². The molecule has 0 atom stereocenters. The van der Waals surface area contributed by atoms with E-state index in [-0.39, 0.29) is 5.91 Å². The van der Waals surface area contributed by atoms with E-state index in [9.17, 15) is 4.79 Å². The molecule has 0 aliphatic rings. The van der Waals surface area contributed by atoms with Crippen LogP contribution in [0.3, 0.4) is 0 Å². The summed E-state index contributed by atoms with van der Waals surface area (Å²) in [6, 6.07) is 0. The fourth-order valence-corrected chi connectivity index (χ4v) is 1.36. The van der Waals surface area contributed by atoms with Gasteiger partial charge in [0.25, 0.3) is 0 Å². The van der Waals surface area contributed by atoms with Crippen LogP contribution in [0.15, 0.2) is 25.3 Å². The lowest BCUT2D eigenvalue weighted by Crippen LogP contribution is -2.35. The van der Waals surface area contributed by atoms with E-state index in [2.05, 4.69) is 23.8 Å². The third kappa shape index (κ3) is 9.35. The summed E-state index contributed by atoms with van der Waals surface area (Å²) in [6.07, 6.45) is 3.59. The van der Waals surface area contributed by atoms with Crippen LogP contribution in [0.1, 0.15) is 0 Å². The van der Waals surface area contributed by atoms with E-state index < -0.39 is 0 Å². The van der Waals surface area contributed by atoms with Crippen LogP contribution >= 0.6 is 11.8 Å². The maximum absolute atomic E-state index is 11.1. The van der Waals surface area contributed by atoms with Crippen LogP contribution in [-0.4, -0.2) is 37.0 Å². The smallest absolute Gasteiger partial charge is 0.233 e. The van der Waals surface area contributed by atoms with Crippen molar-refractivity contribution in [3.63, 3.8) is 0 Å². The Balaban J connectivity index is 3.17. The maximum Gasteiger partial charge on any atom is 0.233 e. The second kappa shape index (κ2) is 10.3. The topological polar surface area (TPSA) is 41.1 Å². The molecule has 0 bridgehead atoms. The highest BCUT2D eigenvalue weighted by Crippen LogP contribution is 1.96. The molecule has 0 spiro atoms. The summed E-state index contributed by atoms with van der Waals surface area (Å²) in [7, 11) is 0. The monoisotopic (exact) mass is 214 g/mol. The Morgan fingerprint density at radius 1 is 1.36 bits per heavy atom. The van der Waals surface area contributed by atoms with Gasteiger partial charge in [-0.25, -0.2) is 0 Å². The van der Waals surface area contributed by atoms with Crippen LogP contribution in [0.2, 0.25) is 0 Å². The molecule has 4 heteroatoms. The lowest BCUT2D eigenvalue weighted by molar-refractivity contribution is -0.120. The summed E-state index contributed by atoms with van der Waals surface area (Å²) in [4.78, 5) is 11.1. The summed E-state index contributed by atoms with van der Waals surface area (Å²) in [5.74, 6) is 1.90. The van der Waals surface area contributed by atoms with Gasteiger partial charge in [0, 0.05) is 24.6 Å². The van der Waals surface area contributed by atoms with Crippen molar-refractivity contribution < 1.29 is 4.79 Å². The predicted octanol–water partition coefficient (Wildman–Crippen LogP) is 0.797. The predicted molar refractivity (Wildman–Crippen MR) is 63.6 cm³/mol. The molecular formula is C10H18N2OS. The SMILES string of the molecule is C=CCNCC(=O)NCCSCC=C. The Morgan fingerprint density at radius 2 is 2.14 bits per heavy atom. The van der Waals surface area contributed by atoms with Crippen molar-refractivity contribution in [2.75, 3.05) is 31.1 Å². The molecule has 0 radical (unpaired) electrons. The number of nitrogens with one attached hydrogen (secondary N) is 2. The maximum atomic E-state index is 11.1. The molecule has 0 aliphatic heterocycles. The largest absolute Gasteiger partial charge is 0.354 e. The van der Waals surface area contributed by atoms with Crippen LogP contribution in [0.5, 0.6) is 0 Å². The second-order valence-electron chi connectivity index (χ2n) is 2.63. The molecule has 3 nitrogen and oxygen atoms in total. The quantitative estimate of drug-likeness (QED) is 0.440. The molecule has 0 heterocycles. The Morgan fingerprint density at radius 3 is 2.79 bits per heavy atom. The zero-order chi connectivity index (χ0) is 10.6. The van der Waals surface area contributed by atoms with E-state index >= 15 is 0 Å². The van der Waals surface area contributed by atoms with Crippen molar-refractivity contribution in [1.29, 1.82) is 0 Å². The molecule has 0 saturated heterocycles. The second-order valence-corrected chi connectivity index (χ2v) is 3.78. The summed E-state index contributed by atoms with van der Waals surface area (Å²) < 4.78 is 0. The van der Waals surface area contributed by atoms with E-state index in [1.807, 2.05) is 6.08 Å². The minimum Gasteiger partial charge on any atom is -0.354 e. The van der Waals surface area contributed by atoms with E-state index in [1.54, 1.807) is 17.8 Å². The van der Waals surface area contributed by atoms with Gasteiger partial charge in [0.1, 0.15) is 0 Å². The van der Waals surface area contributed by atoms with E-state index in [1.165, 1.54) is 0 Å². The molecule has 14 heavy (non-hydrogen) atoms. The first-order chi connectivity index (χ1) is 6.81. The van der Waals surface area contributed by atoms with E-state index in [4.69, 9.17) is 0 Å². The Bertz CT molecular complexity index is 183. The first-order valence-electron chi connectivity index (χ1n) is 4.58. The molecule has 0 aromatic rings. The Labute approximate surface area is 90.0 Å². The van der Waals surface area contributed by atoms with Crippen molar-refractivity contribution in [1.82, 2.24) is 10.6 Å². The van der Waals surface area contributed by atoms with Crippen LogP contribution in [0, 0.1) is 0 Å². The van der Waals surface area contributed by atoms with Crippen LogP contribution in [0.4, 0.5) is 0 Å². The molecule has 80 valence electrons. The summed E-state index contributed by atoms with van der Waals surface area (Å²) >= 11 is 1.75. The first kappa shape index (κ1) is 13.3. The van der Waals surface area contributed by atoms with Gasteiger partial charge in [-0.15, -0.1) is 13.2 Å². The van der Waals surface area contributed by atoms with Gasteiger partial charge >= 0.3 is 0 Å². The average Bonchev–Trinajstić information content (AvgIpc) is 2.18. The highest BCUT2D eigenvalue weighted by atomic mass is 32.2. The Kier molecular flexibility index (Phi) is 9.79. The number of hydrogen-bond acceptors (Lipinski definition) is 3. The molecule has 0 rings (SSSR count). The third-order valence-electron chi connectivity index (χ3n) is 1.38. The van der Waals surface area contributed by atoms with Gasteiger partial charge in [0.05, 0.1) is 6.54 Å². The van der Waals surface area contributed by atoms with Crippen molar-refractivity contribution in [2.24, 2.45) is 0 Å². The van der Waals surface area contributed by atoms with Gasteiger partial charge in [-0.05, 0) is 0 Å². The number of carbonyl (C=O) groups excluding carboxylic acids is 1. The highest BCUT2D eigenvalue weighted by molar-refractivity contribution is 7.99. The fourth-order valence-electron chi connectivity index (χ4n) is 0.780. The zero-order valence-electron chi connectivity index (χ0n) is 8.42. The number of hydrogen-bond donors (Lipinski definition) is 2. The molecule has 0 aromatic carbocycles. The van der Waals surface area contributed by atoms with Gasteiger partial charge in [0.15, 0.2) is 0 Å². The van der Waals surface area contributed by atoms with Crippen molar-refractivity contribution in [3.8, 4) is 0 Å². The third-order valence-corrected chi connectivity index (χ3v) is 2.34. The van der Waals surface area contributed by atoms with Crippen molar-refractivity contribution in [3.05, 3.63) is 25.3 Å². The minimum atomic E-state index is 0.0334. The lowest BCUT2D eigenvalue weighted by atomic mass is 10.5. The average molecular weight is 214 g/mol. The van der Waals surface area contributed by atoms with Gasteiger partial charge in [-0.2, -0.15) is 11.8 Å². The molecule has 0 aromatic heterocycles. The minimum absolute atomic E-state index is 0.0334. The van der Waals surface area contributed by atoms with E-state index in [0.29, 0.717) is 19.6 Å². The molecule has 0 aliphatic carbocycles. The summed E-state index contributed by atoms with van der Waals surface area (Å²) in [6.45, 7) is 8.90. The molecule has 2 N–H and O–H groups in total. The number of rotatable bonds is 9. The molecule has 0 unspecified atom stereocenters. The van der Waals surface area contributed by atoms with Crippen molar-refractivity contribution >= 4 is 17.7 Å². The first-order valence-corrected chi connectivity index (χ1v) is 5.73. The molecule has 0 saturated carbocycles. The van der Waals surface area contributed by atoms with Crippen LogP contribution in [0.25, 0.3) is 0 Å². The van der Waals surface area contributed by atoms with Crippen molar-refractivity contribution in [2.45, 2.75) is 0 Å². The number of thioether (sulfide) groups is 1. The van der Waals surface area contributed by atoms with Gasteiger partial charge < -0.3 is 10.6 Å². The molecular weight excluding hydrogens is 196 g/mol. The number of carbonyl (C=O) groups is 1. The zero-order valence-corrected chi connectivity index (χ0v) is 9.24. The molecule has 1 amide bonds. The normalized spacial score (nSPS) is 9.43. The Hall–Kier alpha value is -0.740. The van der Waals surface area contributed by atoms with Gasteiger partial charge in [-0.3, -0.25) is 4.79 Å². The highest BCUT2D eigenvalue weighted by Gasteiger charge is 1.97. The lowest BCUT2D eigenvalue weighted by Gasteiger charge is -2.04. The fraction of sp³-hybridized carbons (Fsp3) is 0.500. The summed E-state index contributed by atoms with van der Waals surface area (Å²) in [5.41, 5.74) is 0. The van der Waals surface area contributed by atoms with Crippen LogP contribution < -0.4 is 10.6 Å². The van der Waals surface area contributed by atoms with Gasteiger partial charge in [0.2, 0.25) is 5.91 Å². The standard InChI is InChI=1S/C10H18N2OS/c1-3-5-11-9-10(13)12-6-8-14-7-4-2/h3-4,11H,1-2,5-9H2,(H,12,13). The molecule has 0 fully saturated rings. The van der Waals surface area contributed by atoms with Crippen LogP contribution in [-0.2, 0) is 4.79 Å². The number of amides is 1. The summed E-state index contributed by atoms with van der Waals surface area (Å²) in [5, 5.41) is 5.74.